The maximum atomic E-state index is 12.6. The Balaban J connectivity index is 2.03. The molecule has 1 N–H and O–H groups in total. The average Bonchev–Trinajstić information content (AvgIpc) is 2.45. The minimum atomic E-state index is -2.96. The maximum Gasteiger partial charge on any atom is 0.307 e. The largest absolute Gasteiger partial charge is 0.481 e. The van der Waals surface area contributed by atoms with Crippen molar-refractivity contribution < 1.29 is 23.1 Å². The van der Waals surface area contributed by atoms with Gasteiger partial charge in [-0.1, -0.05) is 12.8 Å². The Labute approximate surface area is 125 Å². The molecule has 1 amide bonds. The fraction of sp³-hybridized carbons (Fsp3) is 0.857. The number of rotatable bonds is 3. The zero-order valence-corrected chi connectivity index (χ0v) is 13.1. The molecule has 7 heteroatoms. The van der Waals surface area contributed by atoms with Gasteiger partial charge in [0.25, 0.3) is 0 Å². The molecular formula is C14H23NO5S. The van der Waals surface area contributed by atoms with Crippen LogP contribution in [0.4, 0.5) is 0 Å². The highest BCUT2D eigenvalue weighted by Crippen LogP contribution is 2.32. The molecule has 0 bridgehead atoms. The van der Waals surface area contributed by atoms with Gasteiger partial charge in [0.15, 0.2) is 0 Å². The van der Waals surface area contributed by atoms with Crippen LogP contribution >= 0.6 is 0 Å². The summed E-state index contributed by atoms with van der Waals surface area (Å²) in [5.41, 5.74) is 0. The number of carbonyl (C=O) groups is 2. The molecule has 0 aromatic carbocycles. The van der Waals surface area contributed by atoms with Crippen LogP contribution in [0.25, 0.3) is 0 Å². The van der Waals surface area contributed by atoms with E-state index >= 15 is 0 Å². The molecule has 1 heterocycles. The van der Waals surface area contributed by atoms with Crippen LogP contribution in [0.5, 0.6) is 0 Å². The normalized spacial score (nSPS) is 29.8. The first kappa shape index (κ1) is 16.3. The van der Waals surface area contributed by atoms with Crippen molar-refractivity contribution in [2.24, 2.45) is 11.8 Å². The Morgan fingerprint density at radius 2 is 1.52 bits per heavy atom. The molecule has 21 heavy (non-hydrogen) atoms. The number of sulfone groups is 1. The van der Waals surface area contributed by atoms with Crippen LogP contribution in [-0.4, -0.2) is 54.9 Å². The van der Waals surface area contributed by atoms with E-state index in [1.807, 2.05) is 0 Å². The minimum absolute atomic E-state index is 0.0857. The van der Waals surface area contributed by atoms with Gasteiger partial charge in [-0.2, -0.15) is 0 Å². The second-order valence-corrected chi connectivity index (χ2v) is 8.47. The molecule has 120 valence electrons. The molecule has 0 radical (unpaired) electrons. The topological polar surface area (TPSA) is 91.8 Å². The van der Waals surface area contributed by atoms with Crippen LogP contribution < -0.4 is 0 Å². The van der Waals surface area contributed by atoms with Crippen LogP contribution in [0.1, 0.15) is 38.5 Å². The Morgan fingerprint density at radius 1 is 1.00 bits per heavy atom. The number of nitrogens with zero attached hydrogens (tertiary/aromatic N) is 1. The highest BCUT2D eigenvalue weighted by Gasteiger charge is 2.39. The zero-order chi connectivity index (χ0) is 15.6. The Kier molecular flexibility index (Phi) is 4.91. The van der Waals surface area contributed by atoms with E-state index in [1.54, 1.807) is 11.9 Å². The van der Waals surface area contributed by atoms with E-state index in [-0.39, 0.29) is 23.5 Å². The van der Waals surface area contributed by atoms with Crippen molar-refractivity contribution in [1.29, 1.82) is 0 Å². The van der Waals surface area contributed by atoms with Crippen LogP contribution in [0.15, 0.2) is 0 Å². The lowest BCUT2D eigenvalue weighted by molar-refractivity contribution is -0.152. The number of hydrogen-bond acceptors (Lipinski definition) is 4. The molecule has 2 fully saturated rings. The smallest absolute Gasteiger partial charge is 0.307 e. The molecule has 0 aromatic rings. The van der Waals surface area contributed by atoms with Gasteiger partial charge in [-0.15, -0.1) is 0 Å². The first-order valence-electron chi connectivity index (χ1n) is 7.52. The van der Waals surface area contributed by atoms with E-state index in [9.17, 15) is 23.1 Å². The van der Waals surface area contributed by atoms with Gasteiger partial charge in [-0.3, -0.25) is 9.59 Å². The van der Waals surface area contributed by atoms with Crippen molar-refractivity contribution >= 4 is 21.7 Å². The quantitative estimate of drug-likeness (QED) is 0.835. The number of aliphatic carboxylic acids is 1. The molecule has 2 rings (SSSR count). The van der Waals surface area contributed by atoms with Crippen LogP contribution in [0.3, 0.4) is 0 Å². The van der Waals surface area contributed by atoms with Crippen molar-refractivity contribution in [3.8, 4) is 0 Å². The van der Waals surface area contributed by atoms with E-state index in [0.717, 1.165) is 12.8 Å². The number of amides is 1. The summed E-state index contributed by atoms with van der Waals surface area (Å²) in [6.45, 7) is 0. The summed E-state index contributed by atoms with van der Waals surface area (Å²) in [4.78, 5) is 25.5. The standard InChI is InChI=1S/C14H23NO5S/c1-15(10-6-8-21(19,20)9-7-10)13(16)11-4-2-3-5-12(11)14(17)18/h10-12H,2-9H2,1H3,(H,17,18)/t11-,12+/m0/s1. The number of hydrogen-bond donors (Lipinski definition) is 1. The van der Waals surface area contributed by atoms with Gasteiger partial charge < -0.3 is 10.0 Å². The van der Waals surface area contributed by atoms with E-state index in [1.165, 1.54) is 0 Å². The third kappa shape index (κ3) is 3.75. The molecule has 1 saturated carbocycles. The SMILES string of the molecule is CN(C(=O)[C@H]1CCCC[C@H]1C(=O)O)C1CCS(=O)(=O)CC1. The lowest BCUT2D eigenvalue weighted by Crippen LogP contribution is -2.47. The Morgan fingerprint density at radius 3 is 2.05 bits per heavy atom. The van der Waals surface area contributed by atoms with Gasteiger partial charge in [0.05, 0.1) is 23.3 Å². The molecule has 2 aliphatic rings. The summed E-state index contributed by atoms with van der Waals surface area (Å²) in [5, 5.41) is 9.27. The monoisotopic (exact) mass is 317 g/mol. The summed E-state index contributed by atoms with van der Waals surface area (Å²) in [6, 6.07) is -0.0857. The highest BCUT2D eigenvalue weighted by molar-refractivity contribution is 7.91. The van der Waals surface area contributed by atoms with Crippen molar-refractivity contribution in [3.63, 3.8) is 0 Å². The Hall–Kier alpha value is -1.11. The third-order valence-corrected chi connectivity index (χ3v) is 6.54. The molecule has 2 atom stereocenters. The van der Waals surface area contributed by atoms with Crippen molar-refractivity contribution in [2.45, 2.75) is 44.6 Å². The summed E-state index contributed by atoms with van der Waals surface area (Å²) in [5.74, 6) is -1.86. The van der Waals surface area contributed by atoms with E-state index in [4.69, 9.17) is 0 Å². The first-order chi connectivity index (χ1) is 9.82. The molecule has 0 aromatic heterocycles. The fourth-order valence-corrected chi connectivity index (χ4v) is 4.89. The molecule has 1 aliphatic carbocycles. The van der Waals surface area contributed by atoms with Gasteiger partial charge in [0, 0.05) is 13.1 Å². The number of carboxylic acid groups (broad SMARTS) is 1. The van der Waals surface area contributed by atoms with Gasteiger partial charge >= 0.3 is 5.97 Å². The minimum Gasteiger partial charge on any atom is -0.481 e. The lowest BCUT2D eigenvalue weighted by atomic mass is 9.78. The van der Waals surface area contributed by atoms with Gasteiger partial charge in [0.2, 0.25) is 5.91 Å². The summed E-state index contributed by atoms with van der Waals surface area (Å²) in [6.07, 6.45) is 3.81. The lowest BCUT2D eigenvalue weighted by Gasteiger charge is -2.36. The summed E-state index contributed by atoms with van der Waals surface area (Å²) >= 11 is 0. The van der Waals surface area contributed by atoms with Crippen molar-refractivity contribution in [3.05, 3.63) is 0 Å². The maximum absolute atomic E-state index is 12.6. The van der Waals surface area contributed by atoms with Crippen LogP contribution in [0, 0.1) is 11.8 Å². The predicted molar refractivity (Wildman–Crippen MR) is 77.5 cm³/mol. The van der Waals surface area contributed by atoms with Crippen LogP contribution in [0.2, 0.25) is 0 Å². The molecule has 0 unspecified atom stereocenters. The fourth-order valence-electron chi connectivity index (χ4n) is 3.43. The average molecular weight is 317 g/mol. The molecular weight excluding hydrogens is 294 g/mol. The molecule has 6 nitrogen and oxygen atoms in total. The van der Waals surface area contributed by atoms with E-state index < -0.39 is 27.6 Å². The van der Waals surface area contributed by atoms with Crippen LogP contribution in [-0.2, 0) is 19.4 Å². The highest BCUT2D eigenvalue weighted by atomic mass is 32.2. The second-order valence-electron chi connectivity index (χ2n) is 6.17. The van der Waals surface area contributed by atoms with Gasteiger partial charge in [-0.05, 0) is 25.7 Å². The summed E-state index contributed by atoms with van der Waals surface area (Å²) in [7, 11) is -1.28. The Bertz CT molecular complexity index is 501. The first-order valence-corrected chi connectivity index (χ1v) is 9.34. The molecule has 1 aliphatic heterocycles. The van der Waals surface area contributed by atoms with Crippen molar-refractivity contribution in [1.82, 2.24) is 4.90 Å². The third-order valence-electron chi connectivity index (χ3n) is 4.82. The number of carbonyl (C=O) groups excluding carboxylic acids is 1. The zero-order valence-electron chi connectivity index (χ0n) is 12.3. The predicted octanol–water partition coefficient (Wildman–Crippen LogP) is 0.913. The van der Waals surface area contributed by atoms with Gasteiger partial charge in [-0.25, -0.2) is 8.42 Å². The molecule has 1 saturated heterocycles. The van der Waals surface area contributed by atoms with Crippen molar-refractivity contribution in [2.75, 3.05) is 18.6 Å². The number of carboxylic acids is 1. The van der Waals surface area contributed by atoms with E-state index in [0.29, 0.717) is 25.7 Å². The summed E-state index contributed by atoms with van der Waals surface area (Å²) < 4.78 is 22.9. The second kappa shape index (κ2) is 6.34. The van der Waals surface area contributed by atoms with Gasteiger partial charge in [0.1, 0.15) is 9.84 Å². The van der Waals surface area contributed by atoms with E-state index in [2.05, 4.69) is 0 Å². The molecule has 0 spiro atoms.